The number of amides is 2. The van der Waals surface area contributed by atoms with Crippen LogP contribution < -0.4 is 10.6 Å². The number of rotatable bonds is 3. The van der Waals surface area contributed by atoms with E-state index in [0.29, 0.717) is 22.8 Å². The number of hydrogen-bond acceptors (Lipinski definition) is 3. The highest BCUT2D eigenvalue weighted by molar-refractivity contribution is 6.33. The first-order valence-corrected chi connectivity index (χ1v) is 7.30. The third kappa shape index (κ3) is 3.54. The number of carbonyl (C=O) groups excluding carboxylic acids is 2. The Bertz CT molecular complexity index is 560. The highest BCUT2D eigenvalue weighted by atomic mass is 35.5. The Morgan fingerprint density at radius 2 is 2.05 bits per heavy atom. The number of halogens is 1. The molecule has 0 bridgehead atoms. The molecule has 6 heteroatoms. The highest BCUT2D eigenvalue weighted by Gasteiger charge is 2.29. The van der Waals surface area contributed by atoms with E-state index in [1.54, 1.807) is 32.3 Å². The molecule has 0 aliphatic carbocycles. The van der Waals surface area contributed by atoms with Crippen LogP contribution in [0.15, 0.2) is 18.2 Å². The Kier molecular flexibility index (Phi) is 4.85. The van der Waals surface area contributed by atoms with Gasteiger partial charge >= 0.3 is 0 Å². The first kappa shape index (κ1) is 15.8. The van der Waals surface area contributed by atoms with Gasteiger partial charge in [0.25, 0.3) is 5.91 Å². The summed E-state index contributed by atoms with van der Waals surface area (Å²) in [5.41, 5.74) is 0.978. The van der Waals surface area contributed by atoms with E-state index in [0.717, 1.165) is 6.54 Å². The zero-order valence-electron chi connectivity index (χ0n) is 12.4. The molecule has 1 aromatic carbocycles. The van der Waals surface area contributed by atoms with Gasteiger partial charge in [0, 0.05) is 26.2 Å². The topological polar surface area (TPSA) is 61.4 Å². The average molecular weight is 310 g/mol. The van der Waals surface area contributed by atoms with E-state index in [1.165, 1.54) is 4.90 Å². The van der Waals surface area contributed by atoms with Gasteiger partial charge in [-0.15, -0.1) is 0 Å². The van der Waals surface area contributed by atoms with E-state index >= 15 is 0 Å². The first-order valence-electron chi connectivity index (χ1n) is 6.93. The van der Waals surface area contributed by atoms with Crippen LogP contribution >= 0.6 is 11.6 Å². The zero-order valence-corrected chi connectivity index (χ0v) is 13.2. The SMILES string of the molecule is CC1CNCC1C(=O)Nc1cc(C(=O)N(C)C)ccc1Cl. The predicted molar refractivity (Wildman–Crippen MR) is 83.6 cm³/mol. The summed E-state index contributed by atoms with van der Waals surface area (Å²) in [4.78, 5) is 25.7. The second-order valence-electron chi connectivity index (χ2n) is 5.63. The first-order chi connectivity index (χ1) is 9.90. The van der Waals surface area contributed by atoms with Crippen molar-refractivity contribution in [1.29, 1.82) is 0 Å². The van der Waals surface area contributed by atoms with Crippen LogP contribution in [0.5, 0.6) is 0 Å². The molecule has 1 aliphatic rings. The summed E-state index contributed by atoms with van der Waals surface area (Å²) >= 11 is 6.11. The molecule has 114 valence electrons. The van der Waals surface area contributed by atoms with E-state index in [1.807, 2.05) is 6.92 Å². The third-order valence-electron chi connectivity index (χ3n) is 3.73. The molecule has 21 heavy (non-hydrogen) atoms. The summed E-state index contributed by atoms with van der Waals surface area (Å²) in [5.74, 6) is 0.0200. The fourth-order valence-electron chi connectivity index (χ4n) is 2.40. The molecule has 2 unspecified atom stereocenters. The number of nitrogens with zero attached hydrogens (tertiary/aromatic N) is 1. The Balaban J connectivity index is 2.17. The second kappa shape index (κ2) is 6.45. The van der Waals surface area contributed by atoms with E-state index < -0.39 is 0 Å². The fraction of sp³-hybridized carbons (Fsp3) is 0.467. The zero-order chi connectivity index (χ0) is 15.6. The quantitative estimate of drug-likeness (QED) is 0.895. The minimum atomic E-state index is -0.127. The Labute approximate surface area is 129 Å². The van der Waals surface area contributed by atoms with Crippen molar-refractivity contribution < 1.29 is 9.59 Å². The van der Waals surface area contributed by atoms with Crippen LogP contribution in [0.3, 0.4) is 0 Å². The van der Waals surface area contributed by atoms with E-state index in [4.69, 9.17) is 11.6 Å². The van der Waals surface area contributed by atoms with Crippen molar-refractivity contribution >= 4 is 29.1 Å². The molecule has 0 radical (unpaired) electrons. The minimum absolute atomic E-state index is 0.0659. The standard InChI is InChI=1S/C15H20ClN3O2/c1-9-7-17-8-11(9)14(20)18-13-6-10(4-5-12(13)16)15(21)19(2)3/h4-6,9,11,17H,7-8H2,1-3H3,(H,18,20). The molecule has 0 saturated carbocycles. The van der Waals surface area contributed by atoms with Gasteiger partial charge in [0.1, 0.15) is 0 Å². The van der Waals surface area contributed by atoms with Gasteiger partial charge in [-0.05, 0) is 30.7 Å². The van der Waals surface area contributed by atoms with Crippen LogP contribution in [-0.2, 0) is 4.79 Å². The molecular formula is C15H20ClN3O2. The number of benzene rings is 1. The van der Waals surface area contributed by atoms with Gasteiger partial charge < -0.3 is 15.5 Å². The molecule has 1 aromatic rings. The molecule has 2 amide bonds. The van der Waals surface area contributed by atoms with Gasteiger partial charge in [0.05, 0.1) is 16.6 Å². The molecule has 2 rings (SSSR count). The largest absolute Gasteiger partial charge is 0.345 e. The fourth-order valence-corrected chi connectivity index (χ4v) is 2.56. The Morgan fingerprint density at radius 1 is 1.33 bits per heavy atom. The molecule has 2 atom stereocenters. The van der Waals surface area contributed by atoms with E-state index in [2.05, 4.69) is 10.6 Å². The van der Waals surface area contributed by atoms with Gasteiger partial charge in [0.15, 0.2) is 0 Å². The van der Waals surface area contributed by atoms with Crippen LogP contribution in [0.4, 0.5) is 5.69 Å². The average Bonchev–Trinajstić information content (AvgIpc) is 2.86. The van der Waals surface area contributed by atoms with Crippen molar-refractivity contribution in [3.8, 4) is 0 Å². The summed E-state index contributed by atoms with van der Waals surface area (Å²) in [5, 5.41) is 6.46. The third-order valence-corrected chi connectivity index (χ3v) is 4.06. The van der Waals surface area contributed by atoms with Gasteiger partial charge in [-0.1, -0.05) is 18.5 Å². The molecule has 0 spiro atoms. The summed E-state index contributed by atoms with van der Waals surface area (Å²) in [7, 11) is 3.36. The van der Waals surface area contributed by atoms with Crippen LogP contribution in [-0.4, -0.2) is 43.9 Å². The van der Waals surface area contributed by atoms with Crippen molar-refractivity contribution in [3.05, 3.63) is 28.8 Å². The number of anilines is 1. The van der Waals surface area contributed by atoms with Crippen LogP contribution in [0.2, 0.25) is 5.02 Å². The maximum absolute atomic E-state index is 12.3. The summed E-state index contributed by atoms with van der Waals surface area (Å²) < 4.78 is 0. The van der Waals surface area contributed by atoms with Gasteiger partial charge in [-0.3, -0.25) is 9.59 Å². The Morgan fingerprint density at radius 3 is 2.62 bits per heavy atom. The van der Waals surface area contributed by atoms with Gasteiger partial charge in [-0.25, -0.2) is 0 Å². The lowest BCUT2D eigenvalue weighted by Gasteiger charge is -2.16. The number of carbonyl (C=O) groups is 2. The maximum atomic E-state index is 12.3. The smallest absolute Gasteiger partial charge is 0.253 e. The lowest BCUT2D eigenvalue weighted by atomic mass is 9.97. The summed E-state index contributed by atoms with van der Waals surface area (Å²) in [6.45, 7) is 3.55. The Hall–Kier alpha value is -1.59. The van der Waals surface area contributed by atoms with Crippen molar-refractivity contribution in [1.82, 2.24) is 10.2 Å². The number of hydrogen-bond donors (Lipinski definition) is 2. The van der Waals surface area contributed by atoms with Crippen LogP contribution in [0, 0.1) is 11.8 Å². The second-order valence-corrected chi connectivity index (χ2v) is 6.03. The molecule has 1 aliphatic heterocycles. The van der Waals surface area contributed by atoms with E-state index in [9.17, 15) is 9.59 Å². The molecule has 0 aromatic heterocycles. The van der Waals surface area contributed by atoms with Gasteiger partial charge in [0.2, 0.25) is 5.91 Å². The van der Waals surface area contributed by atoms with Crippen molar-refractivity contribution in [2.75, 3.05) is 32.5 Å². The molecular weight excluding hydrogens is 290 g/mol. The molecule has 5 nitrogen and oxygen atoms in total. The molecule has 1 fully saturated rings. The van der Waals surface area contributed by atoms with Crippen LogP contribution in [0.1, 0.15) is 17.3 Å². The summed E-state index contributed by atoms with van der Waals surface area (Å²) in [6, 6.07) is 4.90. The molecule has 1 heterocycles. The van der Waals surface area contributed by atoms with E-state index in [-0.39, 0.29) is 23.7 Å². The van der Waals surface area contributed by atoms with Crippen molar-refractivity contribution in [2.24, 2.45) is 11.8 Å². The monoisotopic (exact) mass is 309 g/mol. The normalized spacial score (nSPS) is 21.1. The van der Waals surface area contributed by atoms with Crippen LogP contribution in [0.25, 0.3) is 0 Å². The lowest BCUT2D eigenvalue weighted by molar-refractivity contribution is -0.120. The number of nitrogens with one attached hydrogen (secondary N) is 2. The molecule has 1 saturated heterocycles. The molecule has 2 N–H and O–H groups in total. The van der Waals surface area contributed by atoms with Gasteiger partial charge in [-0.2, -0.15) is 0 Å². The summed E-state index contributed by atoms with van der Waals surface area (Å²) in [6.07, 6.45) is 0. The predicted octanol–water partition coefficient (Wildman–Crippen LogP) is 1.84. The lowest BCUT2D eigenvalue weighted by Crippen LogP contribution is -2.28. The van der Waals surface area contributed by atoms with Crippen molar-refractivity contribution in [3.63, 3.8) is 0 Å². The maximum Gasteiger partial charge on any atom is 0.253 e. The highest BCUT2D eigenvalue weighted by Crippen LogP contribution is 2.25. The van der Waals surface area contributed by atoms with Crippen molar-refractivity contribution in [2.45, 2.75) is 6.92 Å². The minimum Gasteiger partial charge on any atom is -0.345 e.